The number of nitrogens with one attached hydrogen (secondary N) is 1. The van der Waals surface area contributed by atoms with Crippen LogP contribution >= 0.6 is 15.9 Å². The summed E-state index contributed by atoms with van der Waals surface area (Å²) in [5.74, 6) is -1.44. The summed E-state index contributed by atoms with van der Waals surface area (Å²) in [7, 11) is -1.41. The van der Waals surface area contributed by atoms with Gasteiger partial charge in [-0.3, -0.25) is 0 Å². The summed E-state index contributed by atoms with van der Waals surface area (Å²) < 4.78 is 40.7. The molecule has 1 N–H and O–H groups in total. The SMILES string of the molecule is C=C(NS(=O)C(C)(C)C)c1cc(Br)c(F)cc1F. The van der Waals surface area contributed by atoms with Crippen LogP contribution in [-0.2, 0) is 11.0 Å². The maximum Gasteiger partial charge on any atom is 0.140 e. The van der Waals surface area contributed by atoms with Gasteiger partial charge in [-0.25, -0.2) is 13.0 Å². The number of rotatable bonds is 3. The first-order valence-electron chi connectivity index (χ1n) is 5.15. The Labute approximate surface area is 116 Å². The molecule has 1 unspecified atom stereocenters. The number of hydrogen-bond acceptors (Lipinski definition) is 1. The quantitative estimate of drug-likeness (QED) is 0.836. The van der Waals surface area contributed by atoms with Crippen molar-refractivity contribution in [3.05, 3.63) is 40.4 Å². The Morgan fingerprint density at radius 3 is 2.39 bits per heavy atom. The lowest BCUT2D eigenvalue weighted by Crippen LogP contribution is -2.32. The number of halogens is 3. The van der Waals surface area contributed by atoms with Gasteiger partial charge < -0.3 is 4.72 Å². The van der Waals surface area contributed by atoms with Crippen molar-refractivity contribution in [1.82, 2.24) is 4.72 Å². The van der Waals surface area contributed by atoms with Gasteiger partial charge in [0.1, 0.15) is 22.6 Å². The zero-order chi connectivity index (χ0) is 14.1. The van der Waals surface area contributed by atoms with Gasteiger partial charge in [0.25, 0.3) is 0 Å². The zero-order valence-corrected chi connectivity index (χ0v) is 12.7. The molecule has 18 heavy (non-hydrogen) atoms. The Kier molecular flexibility index (Phi) is 4.66. The molecule has 0 heterocycles. The van der Waals surface area contributed by atoms with Crippen molar-refractivity contribution in [2.24, 2.45) is 0 Å². The van der Waals surface area contributed by atoms with Gasteiger partial charge in [-0.2, -0.15) is 0 Å². The molecule has 0 saturated heterocycles. The lowest BCUT2D eigenvalue weighted by molar-refractivity contribution is 0.576. The largest absolute Gasteiger partial charge is 0.305 e. The van der Waals surface area contributed by atoms with Crippen LogP contribution in [0.25, 0.3) is 5.70 Å². The molecule has 2 nitrogen and oxygen atoms in total. The first-order chi connectivity index (χ1) is 8.12. The lowest BCUT2D eigenvalue weighted by atomic mass is 10.1. The standard InChI is InChI=1S/C12H14BrF2NOS/c1-7(16-18(17)12(2,3)4)8-5-9(13)11(15)6-10(8)14/h5-6,16H,1H2,2-4H3. The van der Waals surface area contributed by atoms with E-state index < -0.39 is 27.4 Å². The number of benzene rings is 1. The summed E-state index contributed by atoms with van der Waals surface area (Å²) in [6.45, 7) is 8.96. The van der Waals surface area contributed by atoms with E-state index in [4.69, 9.17) is 0 Å². The predicted molar refractivity (Wildman–Crippen MR) is 74.1 cm³/mol. The summed E-state index contributed by atoms with van der Waals surface area (Å²) in [6.07, 6.45) is 0. The van der Waals surface area contributed by atoms with Gasteiger partial charge in [0, 0.05) is 17.3 Å². The molecule has 6 heteroatoms. The topological polar surface area (TPSA) is 29.1 Å². The van der Waals surface area contributed by atoms with E-state index in [2.05, 4.69) is 27.2 Å². The van der Waals surface area contributed by atoms with Crippen LogP contribution in [0, 0.1) is 11.6 Å². The third-order valence-electron chi connectivity index (χ3n) is 2.11. The molecule has 0 saturated carbocycles. The van der Waals surface area contributed by atoms with Crippen LogP contribution in [-0.4, -0.2) is 8.96 Å². The van der Waals surface area contributed by atoms with Crippen molar-refractivity contribution in [3.8, 4) is 0 Å². The molecule has 1 aromatic rings. The van der Waals surface area contributed by atoms with E-state index in [0.29, 0.717) is 0 Å². The molecule has 1 rings (SSSR count). The Morgan fingerprint density at radius 2 is 1.89 bits per heavy atom. The molecule has 0 aromatic heterocycles. The van der Waals surface area contributed by atoms with Crippen LogP contribution in [0.3, 0.4) is 0 Å². The van der Waals surface area contributed by atoms with E-state index in [1.165, 1.54) is 6.07 Å². The van der Waals surface area contributed by atoms with Crippen LogP contribution in [0.2, 0.25) is 0 Å². The number of hydrogen-bond donors (Lipinski definition) is 1. The van der Waals surface area contributed by atoms with Gasteiger partial charge in [-0.1, -0.05) is 6.58 Å². The second kappa shape index (κ2) is 5.48. The van der Waals surface area contributed by atoms with E-state index in [9.17, 15) is 13.0 Å². The van der Waals surface area contributed by atoms with Gasteiger partial charge in [0.05, 0.1) is 9.22 Å². The van der Waals surface area contributed by atoms with Gasteiger partial charge in [-0.15, -0.1) is 0 Å². The molecule has 0 aliphatic rings. The Bertz CT molecular complexity index is 512. The van der Waals surface area contributed by atoms with Crippen LogP contribution in [0.1, 0.15) is 26.3 Å². The van der Waals surface area contributed by atoms with Gasteiger partial charge in [0.15, 0.2) is 0 Å². The Morgan fingerprint density at radius 1 is 1.33 bits per heavy atom. The minimum absolute atomic E-state index is 0.0841. The van der Waals surface area contributed by atoms with Gasteiger partial charge in [0.2, 0.25) is 0 Å². The van der Waals surface area contributed by atoms with Crippen LogP contribution < -0.4 is 4.72 Å². The van der Waals surface area contributed by atoms with Crippen LogP contribution in [0.15, 0.2) is 23.2 Å². The molecule has 0 bridgehead atoms. The molecule has 1 atom stereocenters. The minimum atomic E-state index is -1.41. The van der Waals surface area contributed by atoms with Gasteiger partial charge >= 0.3 is 0 Å². The second-order valence-electron chi connectivity index (χ2n) is 4.71. The highest BCUT2D eigenvalue weighted by Crippen LogP contribution is 2.24. The third kappa shape index (κ3) is 3.62. The smallest absolute Gasteiger partial charge is 0.140 e. The highest BCUT2D eigenvalue weighted by atomic mass is 79.9. The third-order valence-corrected chi connectivity index (χ3v) is 4.26. The van der Waals surface area contributed by atoms with E-state index in [1.54, 1.807) is 20.8 Å². The molecular formula is C12H14BrF2NOS. The van der Waals surface area contributed by atoms with Crippen molar-refractivity contribution in [2.45, 2.75) is 25.5 Å². The van der Waals surface area contributed by atoms with Crippen molar-refractivity contribution < 1.29 is 13.0 Å². The molecule has 0 aliphatic carbocycles. The van der Waals surface area contributed by atoms with Crippen LogP contribution in [0.5, 0.6) is 0 Å². The Balaban J connectivity index is 2.99. The van der Waals surface area contributed by atoms with Crippen molar-refractivity contribution in [1.29, 1.82) is 0 Å². The molecule has 0 spiro atoms. The van der Waals surface area contributed by atoms with E-state index in [0.717, 1.165) is 6.07 Å². The fraction of sp³-hybridized carbons (Fsp3) is 0.333. The minimum Gasteiger partial charge on any atom is -0.305 e. The maximum atomic E-state index is 13.6. The maximum absolute atomic E-state index is 13.6. The van der Waals surface area contributed by atoms with Crippen molar-refractivity contribution in [2.75, 3.05) is 0 Å². The summed E-state index contributed by atoms with van der Waals surface area (Å²) >= 11 is 2.97. The summed E-state index contributed by atoms with van der Waals surface area (Å²) in [5.41, 5.74) is 0.238. The molecule has 0 radical (unpaired) electrons. The first kappa shape index (κ1) is 15.3. The molecule has 100 valence electrons. The van der Waals surface area contributed by atoms with E-state index >= 15 is 0 Å². The second-order valence-corrected chi connectivity index (χ2v) is 7.53. The average Bonchev–Trinajstić information content (AvgIpc) is 2.21. The first-order valence-corrected chi connectivity index (χ1v) is 7.09. The summed E-state index contributed by atoms with van der Waals surface area (Å²) in [5, 5.41) is 0. The fourth-order valence-electron chi connectivity index (χ4n) is 1.07. The molecule has 0 amide bonds. The predicted octanol–water partition coefficient (Wildman–Crippen LogP) is 3.75. The Hall–Kier alpha value is -0.750. The zero-order valence-electron chi connectivity index (χ0n) is 10.3. The van der Waals surface area contributed by atoms with Crippen molar-refractivity contribution in [3.63, 3.8) is 0 Å². The lowest BCUT2D eigenvalue weighted by Gasteiger charge is -2.20. The van der Waals surface area contributed by atoms with E-state index in [-0.39, 0.29) is 15.7 Å². The normalized spacial score (nSPS) is 13.2. The summed E-state index contributed by atoms with van der Waals surface area (Å²) in [4.78, 5) is 0. The van der Waals surface area contributed by atoms with Crippen LogP contribution in [0.4, 0.5) is 8.78 Å². The summed E-state index contributed by atoms with van der Waals surface area (Å²) in [6, 6.07) is 2.02. The average molecular weight is 338 g/mol. The van der Waals surface area contributed by atoms with Crippen molar-refractivity contribution >= 4 is 32.6 Å². The molecule has 1 aromatic carbocycles. The molecular weight excluding hydrogens is 324 g/mol. The van der Waals surface area contributed by atoms with Gasteiger partial charge in [-0.05, 0) is 42.8 Å². The van der Waals surface area contributed by atoms with E-state index in [1.807, 2.05) is 0 Å². The fourth-order valence-corrected chi connectivity index (χ4v) is 2.06. The molecule has 0 aliphatic heterocycles. The highest BCUT2D eigenvalue weighted by Gasteiger charge is 2.21. The highest BCUT2D eigenvalue weighted by molar-refractivity contribution is 9.10. The monoisotopic (exact) mass is 337 g/mol. The molecule has 0 fully saturated rings.